The van der Waals surface area contributed by atoms with Crippen molar-refractivity contribution < 1.29 is 23.3 Å². The fourth-order valence-corrected chi connectivity index (χ4v) is 6.96. The molecule has 208 valence electrons. The topological polar surface area (TPSA) is 123 Å². The molecule has 12 heteroatoms. The molecule has 5 N–H and O–H groups in total. The first-order valence-electron chi connectivity index (χ1n) is 12.8. The number of halogens is 1. The second-order valence-electron chi connectivity index (χ2n) is 9.73. The second kappa shape index (κ2) is 11.3. The molecule has 0 bridgehead atoms. The van der Waals surface area contributed by atoms with Crippen LogP contribution >= 0.6 is 22.8 Å². The summed E-state index contributed by atoms with van der Waals surface area (Å²) >= 11 is 5.24. The number of nitrogens with zero attached hydrogens (tertiary/aromatic N) is 3. The third-order valence-electron chi connectivity index (χ3n) is 7.03. The highest BCUT2D eigenvalue weighted by atomic mass is 32.3. The van der Waals surface area contributed by atoms with Crippen LogP contribution < -0.4 is 15.5 Å². The molecule has 2 aliphatic rings. The number of aromatic nitrogens is 2. The summed E-state index contributed by atoms with van der Waals surface area (Å²) in [5, 5.41) is 15.3. The fourth-order valence-electron chi connectivity index (χ4n) is 4.71. The third-order valence-corrected chi connectivity index (χ3v) is 9.91. The summed E-state index contributed by atoms with van der Waals surface area (Å²) in [4.78, 5) is 12.2. The average molecular weight is 574 g/mol. The van der Waals surface area contributed by atoms with Crippen molar-refractivity contribution in [1.82, 2.24) is 15.3 Å². The Morgan fingerprint density at radius 3 is 2.51 bits per heavy atom. The smallest absolute Gasteiger partial charge is 0.170 e. The number of aliphatic hydroxyl groups is 1. The van der Waals surface area contributed by atoms with Crippen molar-refractivity contribution in [1.29, 1.82) is 0 Å². The number of anilines is 2. The first-order valence-corrected chi connectivity index (χ1v) is 14.7. The van der Waals surface area contributed by atoms with Gasteiger partial charge in [0.1, 0.15) is 16.4 Å². The maximum absolute atomic E-state index is 13.6. The van der Waals surface area contributed by atoms with Crippen LogP contribution in [0.1, 0.15) is 25.5 Å². The van der Waals surface area contributed by atoms with E-state index in [4.69, 9.17) is 32.0 Å². The van der Waals surface area contributed by atoms with Crippen molar-refractivity contribution in [3.8, 4) is 11.4 Å². The Hall–Kier alpha value is -2.87. The third kappa shape index (κ3) is 5.72. The van der Waals surface area contributed by atoms with Gasteiger partial charge in [-0.3, -0.25) is 9.11 Å². The molecule has 5 rings (SSSR count). The predicted molar refractivity (Wildman–Crippen MR) is 155 cm³/mol. The number of aliphatic hydroxyl groups excluding tert-OH is 1. The molecule has 1 aliphatic carbocycles. The Morgan fingerprint density at radius 2 is 1.87 bits per heavy atom. The van der Waals surface area contributed by atoms with Crippen molar-refractivity contribution >= 4 is 39.4 Å². The number of rotatable bonds is 8. The van der Waals surface area contributed by atoms with Crippen LogP contribution in [0, 0.1) is 5.82 Å². The van der Waals surface area contributed by atoms with Crippen LogP contribution in [0.5, 0.6) is 0 Å². The van der Waals surface area contributed by atoms with Crippen molar-refractivity contribution in [3.63, 3.8) is 0 Å². The van der Waals surface area contributed by atoms with E-state index in [1.165, 1.54) is 24.3 Å². The van der Waals surface area contributed by atoms with Gasteiger partial charge in [-0.2, -0.15) is 10.6 Å². The van der Waals surface area contributed by atoms with E-state index in [1.807, 2.05) is 30.3 Å². The van der Waals surface area contributed by atoms with Gasteiger partial charge in [-0.1, -0.05) is 0 Å². The molecule has 0 amide bonds. The molecule has 39 heavy (non-hydrogen) atoms. The van der Waals surface area contributed by atoms with Gasteiger partial charge in [0.2, 0.25) is 0 Å². The molecule has 3 aromatic rings. The largest absolute Gasteiger partial charge is 0.395 e. The Kier molecular flexibility index (Phi) is 8.04. The van der Waals surface area contributed by atoms with Crippen LogP contribution in [-0.2, 0) is 9.48 Å². The second-order valence-corrected chi connectivity index (χ2v) is 12.5. The molecule has 1 aliphatic heterocycles. The zero-order chi connectivity index (χ0) is 27.6. The predicted octanol–water partition coefficient (Wildman–Crippen LogP) is 4.59. The molecule has 0 unspecified atom stereocenters. The van der Waals surface area contributed by atoms with Crippen LogP contribution in [0.4, 0.5) is 15.9 Å². The number of benzene rings is 2. The Balaban J connectivity index is 1.52. The minimum absolute atomic E-state index is 0.0220. The van der Waals surface area contributed by atoms with Gasteiger partial charge >= 0.3 is 0 Å². The van der Waals surface area contributed by atoms with Crippen molar-refractivity contribution in [2.45, 2.75) is 35.4 Å². The summed E-state index contributed by atoms with van der Waals surface area (Å²) in [6, 6.07) is 14.8. The molecule has 0 radical (unpaired) electrons. The summed E-state index contributed by atoms with van der Waals surface area (Å²) in [6.07, 6.45) is 1.09. The number of hydrogen-bond acceptors (Lipinski definition) is 8. The minimum Gasteiger partial charge on any atom is -0.395 e. The Morgan fingerprint density at radius 1 is 1.15 bits per heavy atom. The zero-order valence-corrected chi connectivity index (χ0v) is 23.1. The highest BCUT2D eigenvalue weighted by Crippen LogP contribution is 2.75. The lowest BCUT2D eigenvalue weighted by atomic mass is 10.1. The number of nitrogens with one attached hydrogen (secondary N) is 2. The quantitative estimate of drug-likeness (QED) is 0.245. The molecule has 2 fully saturated rings. The SMILES string of the molecule is C[C@H]1COCCN1c1cc(C2(S(O)(O)c3ccc(F)cc3)CC2)nc(-c2ccc(NC(=S)NCCO)cc2)n1. The van der Waals surface area contributed by atoms with E-state index in [0.29, 0.717) is 66.5 Å². The van der Waals surface area contributed by atoms with Crippen LogP contribution in [0.2, 0.25) is 0 Å². The van der Waals surface area contributed by atoms with Gasteiger partial charge < -0.3 is 25.4 Å². The monoisotopic (exact) mass is 573 g/mol. The van der Waals surface area contributed by atoms with Gasteiger partial charge in [0.15, 0.2) is 10.9 Å². The van der Waals surface area contributed by atoms with Gasteiger partial charge in [0.25, 0.3) is 0 Å². The number of thiocarbonyl (C=S) groups is 1. The summed E-state index contributed by atoms with van der Waals surface area (Å²) < 4.78 is 41.2. The molecule has 1 saturated carbocycles. The summed E-state index contributed by atoms with van der Waals surface area (Å²) in [7, 11) is -3.33. The fraction of sp³-hybridized carbons (Fsp3) is 0.370. The maximum atomic E-state index is 13.6. The number of hydrogen-bond donors (Lipinski definition) is 5. The first kappa shape index (κ1) is 27.7. The van der Waals surface area contributed by atoms with Gasteiger partial charge in [-0.25, -0.2) is 14.4 Å². The van der Waals surface area contributed by atoms with Crippen LogP contribution in [0.25, 0.3) is 11.4 Å². The van der Waals surface area contributed by atoms with Crippen LogP contribution in [0.3, 0.4) is 0 Å². The van der Waals surface area contributed by atoms with Gasteiger partial charge in [-0.15, -0.1) is 0 Å². The summed E-state index contributed by atoms with van der Waals surface area (Å²) in [5.41, 5.74) is 2.08. The van der Waals surface area contributed by atoms with E-state index >= 15 is 0 Å². The average Bonchev–Trinajstić information content (AvgIpc) is 3.76. The van der Waals surface area contributed by atoms with Crippen molar-refractivity contribution in [3.05, 3.63) is 66.1 Å². The van der Waals surface area contributed by atoms with Crippen molar-refractivity contribution in [2.75, 3.05) is 43.1 Å². The standard InChI is InChI=1S/C27H32FN5O4S2/c1-18-17-37-15-13-33(18)24-16-23(27(10-11-27)39(35,36)22-8-4-20(28)5-9-22)31-25(32-24)19-2-6-21(7-3-19)30-26(38)29-12-14-34/h2-9,16,18,34-36H,10-15,17H2,1H3,(H2,29,30,38)/t18-/m0/s1. The lowest BCUT2D eigenvalue weighted by molar-refractivity contribution is 0.0985. The maximum Gasteiger partial charge on any atom is 0.170 e. The van der Waals surface area contributed by atoms with Gasteiger partial charge in [0, 0.05) is 30.4 Å². The van der Waals surface area contributed by atoms with E-state index in [2.05, 4.69) is 22.5 Å². The van der Waals surface area contributed by atoms with E-state index in [-0.39, 0.29) is 12.6 Å². The molecular weight excluding hydrogens is 541 g/mol. The lowest BCUT2D eigenvalue weighted by Crippen LogP contribution is -2.44. The molecule has 0 spiro atoms. The molecule has 1 aromatic heterocycles. The first-order chi connectivity index (χ1) is 18.7. The van der Waals surface area contributed by atoms with E-state index in [9.17, 15) is 13.5 Å². The summed E-state index contributed by atoms with van der Waals surface area (Å²) in [5.74, 6) is 0.729. The van der Waals surface area contributed by atoms with Crippen LogP contribution in [-0.4, -0.2) is 68.2 Å². The number of ether oxygens (including phenoxy) is 1. The highest BCUT2D eigenvalue weighted by Gasteiger charge is 2.57. The van der Waals surface area contributed by atoms with Gasteiger partial charge in [-0.05, 0) is 80.5 Å². The molecule has 1 saturated heterocycles. The van der Waals surface area contributed by atoms with E-state index < -0.39 is 21.2 Å². The molecule has 2 heterocycles. The Labute approximate surface area is 233 Å². The summed E-state index contributed by atoms with van der Waals surface area (Å²) in [6.45, 7) is 4.18. The van der Waals surface area contributed by atoms with Crippen LogP contribution in [0.15, 0.2) is 59.5 Å². The molecule has 9 nitrogen and oxygen atoms in total. The lowest BCUT2D eigenvalue weighted by Gasteiger charge is -2.41. The minimum atomic E-state index is -3.33. The molecular formula is C27H32FN5O4S2. The van der Waals surface area contributed by atoms with Crippen molar-refractivity contribution in [2.24, 2.45) is 0 Å². The zero-order valence-electron chi connectivity index (χ0n) is 21.5. The molecule has 1 atom stereocenters. The van der Waals surface area contributed by atoms with E-state index in [1.54, 1.807) is 0 Å². The Bertz CT molecular complexity index is 1320. The normalized spacial score (nSPS) is 18.9. The number of morpholine rings is 1. The highest BCUT2D eigenvalue weighted by molar-refractivity contribution is 8.25. The van der Waals surface area contributed by atoms with Gasteiger partial charge in [0.05, 0.1) is 36.5 Å². The van der Waals surface area contributed by atoms with E-state index in [0.717, 1.165) is 11.3 Å². The molecule has 2 aromatic carbocycles.